The Hall–Kier alpha value is -3.13. The molecule has 1 fully saturated rings. The number of fused-ring (bicyclic) bond motifs is 1. The van der Waals surface area contributed by atoms with Gasteiger partial charge in [0.1, 0.15) is 30.8 Å². The average molecular weight is 537 g/mol. The first-order valence-electron chi connectivity index (χ1n) is 12.1. The van der Waals surface area contributed by atoms with Crippen LogP contribution in [0.3, 0.4) is 0 Å². The molecule has 1 aliphatic heterocycles. The van der Waals surface area contributed by atoms with Crippen LogP contribution in [0, 0.1) is 6.92 Å². The zero-order chi connectivity index (χ0) is 24.4. The first-order chi connectivity index (χ1) is 17.0. The highest BCUT2D eigenvalue weighted by Crippen LogP contribution is 2.41. The number of esters is 1. The Morgan fingerprint density at radius 3 is 2.66 bits per heavy atom. The van der Waals surface area contributed by atoms with E-state index in [9.17, 15) is 4.79 Å². The van der Waals surface area contributed by atoms with Gasteiger partial charge in [-0.1, -0.05) is 52.2 Å². The van der Waals surface area contributed by atoms with Gasteiger partial charge in [0.05, 0.1) is 5.57 Å². The average Bonchev–Trinajstić information content (AvgIpc) is 3.32. The number of ether oxygens (including phenoxy) is 2. The summed E-state index contributed by atoms with van der Waals surface area (Å²) in [7, 11) is 0. The first-order valence-corrected chi connectivity index (χ1v) is 12.8. The van der Waals surface area contributed by atoms with Crippen molar-refractivity contribution in [1.29, 1.82) is 0 Å². The van der Waals surface area contributed by atoms with Crippen LogP contribution in [0.25, 0.3) is 0 Å². The van der Waals surface area contributed by atoms with E-state index < -0.39 is 6.04 Å². The van der Waals surface area contributed by atoms with Gasteiger partial charge in [0, 0.05) is 15.7 Å². The molecule has 0 bridgehead atoms. The fourth-order valence-electron chi connectivity index (χ4n) is 4.75. The lowest BCUT2D eigenvalue weighted by Crippen LogP contribution is -2.32. The van der Waals surface area contributed by atoms with Crippen LogP contribution in [0.4, 0.5) is 5.95 Å². The standard InChI is InChI=1S/C27H29BrN4O3/c1-17-8-10-19(11-9-17)15-34-23-13-12-20(28)14-22(23)25-24(18(2)31-27-29-16-30-32(25)27)26(33)35-21-6-4-3-5-7-21/h8-14,16,21,25H,3-7,15H2,1-2H3,(H,29,30,31). The molecule has 1 atom stereocenters. The second kappa shape index (κ2) is 10.2. The minimum absolute atomic E-state index is 0.0471. The fraction of sp³-hybridized carbons (Fsp3) is 0.370. The largest absolute Gasteiger partial charge is 0.489 e. The number of carbonyl (C=O) groups is 1. The highest BCUT2D eigenvalue weighted by molar-refractivity contribution is 9.10. The Labute approximate surface area is 213 Å². The van der Waals surface area contributed by atoms with Gasteiger partial charge in [-0.05, 0) is 63.3 Å². The molecule has 0 spiro atoms. The van der Waals surface area contributed by atoms with Crippen molar-refractivity contribution >= 4 is 27.8 Å². The van der Waals surface area contributed by atoms with Gasteiger partial charge in [0.25, 0.3) is 0 Å². The molecule has 1 aliphatic carbocycles. The summed E-state index contributed by atoms with van der Waals surface area (Å²) in [4.78, 5) is 17.9. The number of hydrogen-bond acceptors (Lipinski definition) is 6. The molecule has 1 N–H and O–H groups in total. The highest BCUT2D eigenvalue weighted by Gasteiger charge is 2.37. The smallest absolute Gasteiger partial charge is 0.338 e. The van der Waals surface area contributed by atoms with Crippen molar-refractivity contribution < 1.29 is 14.3 Å². The summed E-state index contributed by atoms with van der Waals surface area (Å²) < 4.78 is 14.9. The number of nitrogens with zero attached hydrogens (tertiary/aromatic N) is 3. The number of aromatic nitrogens is 3. The molecule has 1 aromatic heterocycles. The fourth-order valence-corrected chi connectivity index (χ4v) is 5.13. The van der Waals surface area contributed by atoms with Crippen LogP contribution >= 0.6 is 15.9 Å². The molecule has 35 heavy (non-hydrogen) atoms. The number of halogens is 1. The van der Waals surface area contributed by atoms with Crippen LogP contribution in [0.15, 0.2) is 64.5 Å². The lowest BCUT2D eigenvalue weighted by molar-refractivity contribution is -0.146. The zero-order valence-electron chi connectivity index (χ0n) is 20.0. The molecule has 3 aromatic rings. The Balaban J connectivity index is 1.50. The maximum absolute atomic E-state index is 13.6. The number of nitrogens with one attached hydrogen (secondary N) is 1. The predicted octanol–water partition coefficient (Wildman–Crippen LogP) is 6.09. The van der Waals surface area contributed by atoms with E-state index in [-0.39, 0.29) is 12.1 Å². The SMILES string of the molecule is CC1=C(C(=O)OC2CCCCC2)C(c2cc(Br)ccc2OCc2ccc(C)cc2)n2ncnc2N1. The molecule has 0 saturated heterocycles. The third-order valence-corrected chi connectivity index (χ3v) is 7.11. The van der Waals surface area contributed by atoms with Gasteiger partial charge in [-0.15, -0.1) is 0 Å². The topological polar surface area (TPSA) is 78.3 Å². The van der Waals surface area contributed by atoms with Crippen LogP contribution < -0.4 is 10.1 Å². The van der Waals surface area contributed by atoms with Crippen LogP contribution in [0.5, 0.6) is 5.75 Å². The summed E-state index contributed by atoms with van der Waals surface area (Å²) in [6, 6.07) is 13.6. The Morgan fingerprint density at radius 2 is 1.89 bits per heavy atom. The van der Waals surface area contributed by atoms with E-state index in [1.165, 1.54) is 18.3 Å². The molecule has 2 aromatic carbocycles. The third-order valence-electron chi connectivity index (χ3n) is 6.62. The molecular formula is C27H29BrN4O3. The molecule has 7 nitrogen and oxygen atoms in total. The summed E-state index contributed by atoms with van der Waals surface area (Å²) in [5.41, 5.74) is 4.32. The van der Waals surface area contributed by atoms with Crippen molar-refractivity contribution in [2.75, 3.05) is 5.32 Å². The van der Waals surface area contributed by atoms with Crippen LogP contribution in [0.1, 0.15) is 61.8 Å². The van der Waals surface area contributed by atoms with E-state index in [1.54, 1.807) is 4.68 Å². The van der Waals surface area contributed by atoms with Crippen molar-refractivity contribution in [3.05, 3.63) is 81.2 Å². The summed E-state index contributed by atoms with van der Waals surface area (Å²) in [6.45, 7) is 4.36. The number of allylic oxidation sites excluding steroid dienone is 1. The summed E-state index contributed by atoms with van der Waals surface area (Å²) in [6.07, 6.45) is 6.64. The normalized spacial score (nSPS) is 18.1. The van der Waals surface area contributed by atoms with Crippen LogP contribution in [0.2, 0.25) is 0 Å². The number of benzene rings is 2. The summed E-state index contributed by atoms with van der Waals surface area (Å²) in [5, 5.41) is 7.68. The predicted molar refractivity (Wildman–Crippen MR) is 137 cm³/mol. The lowest BCUT2D eigenvalue weighted by atomic mass is 9.94. The van der Waals surface area contributed by atoms with Crippen molar-refractivity contribution in [2.45, 2.75) is 64.7 Å². The van der Waals surface area contributed by atoms with Gasteiger partial charge in [0.2, 0.25) is 5.95 Å². The minimum atomic E-state index is -0.532. The number of anilines is 1. The molecular weight excluding hydrogens is 508 g/mol. The van der Waals surface area contributed by atoms with Gasteiger partial charge in [-0.3, -0.25) is 0 Å². The second-order valence-corrected chi connectivity index (χ2v) is 10.1. The quantitative estimate of drug-likeness (QED) is 0.384. The Kier molecular flexibility index (Phi) is 6.90. The molecule has 2 heterocycles. The molecule has 0 radical (unpaired) electrons. The van der Waals surface area contributed by atoms with Gasteiger partial charge < -0.3 is 14.8 Å². The molecule has 182 valence electrons. The number of hydrogen-bond donors (Lipinski definition) is 1. The monoisotopic (exact) mass is 536 g/mol. The summed E-state index contributed by atoms with van der Waals surface area (Å²) >= 11 is 3.60. The molecule has 1 saturated carbocycles. The number of rotatable bonds is 6. The Morgan fingerprint density at radius 1 is 1.11 bits per heavy atom. The maximum Gasteiger partial charge on any atom is 0.338 e. The van der Waals surface area contributed by atoms with Gasteiger partial charge in [-0.2, -0.15) is 10.1 Å². The van der Waals surface area contributed by atoms with Gasteiger partial charge in [-0.25, -0.2) is 9.48 Å². The number of carbonyl (C=O) groups excluding carboxylic acids is 1. The molecule has 5 rings (SSSR count). The number of aryl methyl sites for hydroxylation is 1. The van der Waals surface area contributed by atoms with Crippen molar-refractivity contribution in [1.82, 2.24) is 14.8 Å². The van der Waals surface area contributed by atoms with Crippen molar-refractivity contribution in [3.63, 3.8) is 0 Å². The van der Waals surface area contributed by atoms with E-state index in [0.717, 1.165) is 41.3 Å². The van der Waals surface area contributed by atoms with E-state index in [1.807, 2.05) is 25.1 Å². The van der Waals surface area contributed by atoms with Crippen LogP contribution in [-0.2, 0) is 16.1 Å². The minimum Gasteiger partial charge on any atom is -0.489 e. The molecule has 0 amide bonds. The first kappa shape index (κ1) is 23.6. The third kappa shape index (κ3) is 5.12. The molecule has 8 heteroatoms. The van der Waals surface area contributed by atoms with Crippen molar-refractivity contribution in [3.8, 4) is 5.75 Å². The summed E-state index contributed by atoms with van der Waals surface area (Å²) in [5.74, 6) is 0.932. The van der Waals surface area contributed by atoms with Gasteiger partial charge in [0.15, 0.2) is 0 Å². The van der Waals surface area contributed by atoms with E-state index >= 15 is 0 Å². The van der Waals surface area contributed by atoms with E-state index in [4.69, 9.17) is 9.47 Å². The zero-order valence-corrected chi connectivity index (χ0v) is 21.5. The van der Waals surface area contributed by atoms with Gasteiger partial charge >= 0.3 is 5.97 Å². The van der Waals surface area contributed by atoms with Crippen LogP contribution in [-0.4, -0.2) is 26.8 Å². The highest BCUT2D eigenvalue weighted by atomic mass is 79.9. The van der Waals surface area contributed by atoms with Crippen molar-refractivity contribution in [2.24, 2.45) is 0 Å². The molecule has 2 aliphatic rings. The molecule has 1 unspecified atom stereocenters. The second-order valence-electron chi connectivity index (χ2n) is 9.22. The lowest BCUT2D eigenvalue weighted by Gasteiger charge is -2.31. The maximum atomic E-state index is 13.6. The van der Waals surface area contributed by atoms with E-state index in [2.05, 4.69) is 62.5 Å². The van der Waals surface area contributed by atoms with E-state index in [0.29, 0.717) is 29.6 Å². The Bertz CT molecular complexity index is 1250.